The molecule has 0 radical (unpaired) electrons. The smallest absolute Gasteiger partial charge is 0.123 e. The molecule has 1 aromatic carbocycles. The molecule has 1 saturated carbocycles. The van der Waals surface area contributed by atoms with Crippen LogP contribution in [-0.2, 0) is 0 Å². The van der Waals surface area contributed by atoms with Crippen molar-refractivity contribution in [1.82, 2.24) is 5.32 Å². The summed E-state index contributed by atoms with van der Waals surface area (Å²) in [6.07, 6.45) is 3.83. The van der Waals surface area contributed by atoms with E-state index in [9.17, 15) is 4.39 Å². The van der Waals surface area contributed by atoms with Crippen LogP contribution < -0.4 is 5.32 Å². The SMILES string of the molecule is C[C@H](NC1CC(c2cccc(F)c2)C1)c1ccco1. The topological polar surface area (TPSA) is 25.2 Å². The molecule has 19 heavy (non-hydrogen) atoms. The zero-order chi connectivity index (χ0) is 13.2. The van der Waals surface area contributed by atoms with Crippen LogP contribution >= 0.6 is 0 Å². The van der Waals surface area contributed by atoms with Gasteiger partial charge in [-0.25, -0.2) is 4.39 Å². The first-order chi connectivity index (χ1) is 9.22. The van der Waals surface area contributed by atoms with E-state index in [4.69, 9.17) is 4.42 Å². The maximum Gasteiger partial charge on any atom is 0.123 e. The number of hydrogen-bond acceptors (Lipinski definition) is 2. The fourth-order valence-electron chi connectivity index (χ4n) is 2.76. The third-order valence-electron chi connectivity index (χ3n) is 3.91. The minimum absolute atomic E-state index is 0.141. The van der Waals surface area contributed by atoms with Crippen molar-refractivity contribution in [2.75, 3.05) is 0 Å². The molecule has 1 heterocycles. The molecule has 0 amide bonds. The van der Waals surface area contributed by atoms with Gasteiger partial charge in [0, 0.05) is 6.04 Å². The summed E-state index contributed by atoms with van der Waals surface area (Å²) in [6.45, 7) is 2.11. The molecule has 1 atom stereocenters. The number of furan rings is 1. The summed E-state index contributed by atoms with van der Waals surface area (Å²) in [5, 5.41) is 3.55. The molecular formula is C16H18FNO. The van der Waals surface area contributed by atoms with Crippen LogP contribution in [-0.4, -0.2) is 6.04 Å². The van der Waals surface area contributed by atoms with Crippen LogP contribution in [0.4, 0.5) is 4.39 Å². The lowest BCUT2D eigenvalue weighted by molar-refractivity contribution is 0.258. The average molecular weight is 259 g/mol. The first kappa shape index (κ1) is 12.4. The highest BCUT2D eigenvalue weighted by atomic mass is 19.1. The summed E-state index contributed by atoms with van der Waals surface area (Å²) in [7, 11) is 0. The van der Waals surface area contributed by atoms with E-state index < -0.39 is 0 Å². The maximum atomic E-state index is 13.2. The van der Waals surface area contributed by atoms with Gasteiger partial charge in [-0.1, -0.05) is 12.1 Å². The van der Waals surface area contributed by atoms with Gasteiger partial charge in [0.1, 0.15) is 11.6 Å². The number of hydrogen-bond donors (Lipinski definition) is 1. The zero-order valence-electron chi connectivity index (χ0n) is 11.0. The van der Waals surface area contributed by atoms with Gasteiger partial charge in [0.25, 0.3) is 0 Å². The molecule has 1 aromatic heterocycles. The number of halogens is 1. The van der Waals surface area contributed by atoms with Crippen molar-refractivity contribution in [3.8, 4) is 0 Å². The molecule has 0 bridgehead atoms. The fourth-order valence-corrected chi connectivity index (χ4v) is 2.76. The van der Waals surface area contributed by atoms with Crippen LogP contribution in [0.15, 0.2) is 47.1 Å². The van der Waals surface area contributed by atoms with Crippen molar-refractivity contribution in [2.45, 2.75) is 37.8 Å². The molecule has 3 heteroatoms. The summed E-state index contributed by atoms with van der Waals surface area (Å²) >= 11 is 0. The highest BCUT2D eigenvalue weighted by molar-refractivity contribution is 5.24. The van der Waals surface area contributed by atoms with Gasteiger partial charge in [0.15, 0.2) is 0 Å². The summed E-state index contributed by atoms with van der Waals surface area (Å²) in [6, 6.07) is 11.6. The van der Waals surface area contributed by atoms with Gasteiger partial charge in [-0.3, -0.25) is 0 Å². The maximum absolute atomic E-state index is 13.2. The molecule has 0 unspecified atom stereocenters. The third-order valence-corrected chi connectivity index (χ3v) is 3.91. The first-order valence-electron chi connectivity index (χ1n) is 6.77. The number of nitrogens with one attached hydrogen (secondary N) is 1. The molecule has 1 aliphatic carbocycles. The van der Waals surface area contributed by atoms with E-state index in [2.05, 4.69) is 12.2 Å². The van der Waals surface area contributed by atoms with E-state index in [1.165, 1.54) is 6.07 Å². The van der Waals surface area contributed by atoms with Crippen LogP contribution in [0.2, 0.25) is 0 Å². The van der Waals surface area contributed by atoms with Crippen molar-refractivity contribution in [2.24, 2.45) is 0 Å². The Morgan fingerprint density at radius 3 is 2.79 bits per heavy atom. The molecule has 100 valence electrons. The normalized spacial score (nSPS) is 23.9. The van der Waals surface area contributed by atoms with Crippen molar-refractivity contribution in [3.63, 3.8) is 0 Å². The Labute approximate surface area is 112 Å². The Hall–Kier alpha value is -1.61. The van der Waals surface area contributed by atoms with E-state index >= 15 is 0 Å². The summed E-state index contributed by atoms with van der Waals surface area (Å²) in [4.78, 5) is 0. The molecule has 2 nitrogen and oxygen atoms in total. The highest BCUT2D eigenvalue weighted by Gasteiger charge is 2.31. The summed E-state index contributed by atoms with van der Waals surface area (Å²) in [5.41, 5.74) is 1.11. The van der Waals surface area contributed by atoms with Crippen LogP contribution in [0.3, 0.4) is 0 Å². The van der Waals surface area contributed by atoms with Crippen LogP contribution in [0.1, 0.15) is 43.0 Å². The molecule has 2 aromatic rings. The Morgan fingerprint density at radius 2 is 2.11 bits per heavy atom. The Balaban J connectivity index is 1.53. The fraction of sp³-hybridized carbons (Fsp3) is 0.375. The van der Waals surface area contributed by atoms with E-state index in [0.29, 0.717) is 12.0 Å². The monoisotopic (exact) mass is 259 g/mol. The number of rotatable bonds is 4. The third kappa shape index (κ3) is 2.71. The predicted octanol–water partition coefficient (Wildman–Crippen LogP) is 4.02. The summed E-state index contributed by atoms with van der Waals surface area (Å²) in [5.74, 6) is 1.31. The Kier molecular flexibility index (Phi) is 3.38. The lowest BCUT2D eigenvalue weighted by Gasteiger charge is -2.37. The van der Waals surface area contributed by atoms with Gasteiger partial charge in [0.05, 0.1) is 12.3 Å². The Morgan fingerprint density at radius 1 is 1.26 bits per heavy atom. The molecule has 1 N–H and O–H groups in total. The van der Waals surface area contributed by atoms with Crippen LogP contribution in [0.25, 0.3) is 0 Å². The van der Waals surface area contributed by atoms with E-state index in [0.717, 1.165) is 24.2 Å². The van der Waals surface area contributed by atoms with Gasteiger partial charge in [-0.05, 0) is 55.5 Å². The van der Waals surface area contributed by atoms with Crippen molar-refractivity contribution in [1.29, 1.82) is 0 Å². The molecule has 1 fully saturated rings. The standard InChI is InChI=1S/C16H18FNO/c1-11(16-6-3-7-19-16)18-15-9-13(10-15)12-4-2-5-14(17)8-12/h2-8,11,13,15,18H,9-10H2,1H3/t11-,13?,15?/m0/s1. The van der Waals surface area contributed by atoms with Crippen molar-refractivity contribution in [3.05, 3.63) is 59.8 Å². The predicted molar refractivity (Wildman–Crippen MR) is 72.4 cm³/mol. The highest BCUT2D eigenvalue weighted by Crippen LogP contribution is 2.38. The van der Waals surface area contributed by atoms with Crippen LogP contribution in [0.5, 0.6) is 0 Å². The molecule has 0 spiro atoms. The summed E-state index contributed by atoms with van der Waals surface area (Å²) < 4.78 is 18.5. The second-order valence-corrected chi connectivity index (χ2v) is 5.32. The quantitative estimate of drug-likeness (QED) is 0.897. The first-order valence-corrected chi connectivity index (χ1v) is 6.77. The number of benzene rings is 1. The van der Waals surface area contributed by atoms with Crippen molar-refractivity contribution < 1.29 is 8.81 Å². The van der Waals surface area contributed by atoms with Gasteiger partial charge >= 0.3 is 0 Å². The van der Waals surface area contributed by atoms with Gasteiger partial charge < -0.3 is 9.73 Å². The van der Waals surface area contributed by atoms with Gasteiger partial charge in [-0.15, -0.1) is 0 Å². The lowest BCUT2D eigenvalue weighted by Crippen LogP contribution is -2.41. The van der Waals surface area contributed by atoms with Crippen molar-refractivity contribution >= 4 is 0 Å². The second-order valence-electron chi connectivity index (χ2n) is 5.32. The molecule has 1 aliphatic rings. The zero-order valence-corrected chi connectivity index (χ0v) is 11.0. The van der Waals surface area contributed by atoms with Gasteiger partial charge in [0.2, 0.25) is 0 Å². The minimum atomic E-state index is -0.141. The van der Waals surface area contributed by atoms with E-state index in [1.807, 2.05) is 18.2 Å². The molecule has 0 aliphatic heterocycles. The van der Waals surface area contributed by atoms with Crippen LogP contribution in [0, 0.1) is 5.82 Å². The van der Waals surface area contributed by atoms with E-state index in [-0.39, 0.29) is 11.9 Å². The minimum Gasteiger partial charge on any atom is -0.468 e. The largest absolute Gasteiger partial charge is 0.468 e. The second kappa shape index (κ2) is 5.17. The Bertz CT molecular complexity index is 531. The molecule has 0 saturated heterocycles. The average Bonchev–Trinajstić information content (AvgIpc) is 2.86. The van der Waals surface area contributed by atoms with Gasteiger partial charge in [-0.2, -0.15) is 0 Å². The van der Waals surface area contributed by atoms with E-state index in [1.54, 1.807) is 18.4 Å². The molecular weight excluding hydrogens is 241 g/mol. The lowest BCUT2D eigenvalue weighted by atomic mass is 9.75. The molecule has 3 rings (SSSR count).